The van der Waals surface area contributed by atoms with Gasteiger partial charge in [-0.05, 0) is 60.2 Å². The Bertz CT molecular complexity index is 950. The van der Waals surface area contributed by atoms with Gasteiger partial charge in [-0.25, -0.2) is 0 Å². The van der Waals surface area contributed by atoms with Crippen LogP contribution in [0.25, 0.3) is 0 Å². The van der Waals surface area contributed by atoms with Gasteiger partial charge in [-0.15, -0.1) is 0 Å². The summed E-state index contributed by atoms with van der Waals surface area (Å²) >= 11 is 0. The number of hydrogen-bond acceptors (Lipinski definition) is 4. The maximum absolute atomic E-state index is 13.4. The second-order valence-electron chi connectivity index (χ2n) is 10.2. The summed E-state index contributed by atoms with van der Waals surface area (Å²) in [6.45, 7) is 5.85. The first-order valence-corrected chi connectivity index (χ1v) is 12.3. The van der Waals surface area contributed by atoms with Crippen molar-refractivity contribution >= 4 is 17.5 Å². The summed E-state index contributed by atoms with van der Waals surface area (Å²) in [6, 6.07) is 15.3. The van der Waals surface area contributed by atoms with Crippen LogP contribution in [-0.4, -0.2) is 36.9 Å². The maximum atomic E-state index is 13.4. The molecule has 0 aromatic heterocycles. The predicted molar refractivity (Wildman–Crippen MR) is 137 cm³/mol. The smallest absolute Gasteiger partial charge is 0.228 e. The maximum Gasteiger partial charge on any atom is 0.228 e. The van der Waals surface area contributed by atoms with E-state index in [0.717, 1.165) is 48.2 Å². The molecule has 3 rings (SSSR count). The lowest BCUT2D eigenvalue weighted by atomic mass is 9.86. The molecule has 6 heteroatoms. The van der Waals surface area contributed by atoms with Crippen molar-refractivity contribution in [3.63, 3.8) is 0 Å². The molecule has 0 bridgehead atoms. The average Bonchev–Trinajstić information content (AvgIpc) is 2.84. The van der Waals surface area contributed by atoms with Crippen LogP contribution in [0, 0.1) is 11.3 Å². The van der Waals surface area contributed by atoms with Crippen LogP contribution >= 0.6 is 0 Å². The van der Waals surface area contributed by atoms with Crippen LogP contribution in [0.3, 0.4) is 0 Å². The summed E-state index contributed by atoms with van der Waals surface area (Å²) in [5, 5.41) is 2.99. The summed E-state index contributed by atoms with van der Waals surface area (Å²) in [7, 11) is 1.62. The summed E-state index contributed by atoms with van der Waals surface area (Å²) in [5.74, 6) is 1.02. The van der Waals surface area contributed by atoms with Crippen LogP contribution in [0.15, 0.2) is 48.5 Å². The predicted octanol–water partition coefficient (Wildman–Crippen LogP) is 4.77. The van der Waals surface area contributed by atoms with Gasteiger partial charge in [0.2, 0.25) is 11.8 Å². The van der Waals surface area contributed by atoms with Crippen LogP contribution in [-0.2, 0) is 22.6 Å². The Morgan fingerprint density at radius 1 is 1.06 bits per heavy atom. The number of methoxy groups -OCH3 is 1. The Morgan fingerprint density at radius 2 is 1.76 bits per heavy atom. The molecule has 3 N–H and O–H groups in total. The van der Waals surface area contributed by atoms with Crippen LogP contribution in [0.5, 0.6) is 5.75 Å². The molecule has 0 heterocycles. The van der Waals surface area contributed by atoms with Gasteiger partial charge in [0.05, 0.1) is 13.5 Å². The molecule has 0 radical (unpaired) electrons. The molecule has 0 unspecified atom stereocenters. The fourth-order valence-corrected chi connectivity index (χ4v) is 4.50. The lowest BCUT2D eigenvalue weighted by molar-refractivity contribution is -0.138. The summed E-state index contributed by atoms with van der Waals surface area (Å²) in [4.78, 5) is 28.0. The van der Waals surface area contributed by atoms with E-state index in [-0.39, 0.29) is 29.6 Å². The summed E-state index contributed by atoms with van der Waals surface area (Å²) in [6.07, 6.45) is 5.70. The van der Waals surface area contributed by atoms with Crippen molar-refractivity contribution in [1.82, 2.24) is 4.90 Å². The van der Waals surface area contributed by atoms with Gasteiger partial charge in [0.25, 0.3) is 0 Å². The summed E-state index contributed by atoms with van der Waals surface area (Å²) < 4.78 is 5.17. The molecule has 6 nitrogen and oxygen atoms in total. The number of amides is 2. The quantitative estimate of drug-likeness (QED) is 0.529. The monoisotopic (exact) mass is 465 g/mol. The van der Waals surface area contributed by atoms with E-state index in [9.17, 15) is 9.59 Å². The SMILES string of the molecule is COc1ccc(CC(=O)Nc2cccc(CN(CC(C)(C)CN)C(=O)C3CCCCC3)c2)cc1. The number of carbonyl (C=O) groups is 2. The van der Waals surface area contributed by atoms with E-state index in [1.54, 1.807) is 7.11 Å². The van der Waals surface area contributed by atoms with Gasteiger partial charge >= 0.3 is 0 Å². The van der Waals surface area contributed by atoms with E-state index in [0.29, 0.717) is 19.6 Å². The fourth-order valence-electron chi connectivity index (χ4n) is 4.50. The zero-order chi connectivity index (χ0) is 24.6. The molecular weight excluding hydrogens is 426 g/mol. The van der Waals surface area contributed by atoms with Gasteiger partial charge in [0.15, 0.2) is 0 Å². The normalized spacial score (nSPS) is 14.5. The molecule has 1 aliphatic carbocycles. The average molecular weight is 466 g/mol. The zero-order valence-corrected chi connectivity index (χ0v) is 20.8. The Hall–Kier alpha value is -2.86. The molecule has 0 spiro atoms. The van der Waals surface area contributed by atoms with Crippen molar-refractivity contribution in [2.75, 3.05) is 25.5 Å². The van der Waals surface area contributed by atoms with Gasteiger partial charge in [-0.2, -0.15) is 0 Å². The standard InChI is InChI=1S/C28H39N3O3/c1-28(2,19-29)20-31(27(33)23-9-5-4-6-10-23)18-22-8-7-11-24(16-22)30-26(32)17-21-12-14-25(34-3)15-13-21/h7-8,11-16,23H,4-6,9-10,17-20,29H2,1-3H3,(H,30,32). The molecule has 0 saturated heterocycles. The zero-order valence-electron chi connectivity index (χ0n) is 20.8. The molecular formula is C28H39N3O3. The molecule has 2 amide bonds. The number of carbonyl (C=O) groups excluding carboxylic acids is 2. The number of ether oxygens (including phenoxy) is 1. The number of hydrogen-bond donors (Lipinski definition) is 2. The minimum Gasteiger partial charge on any atom is -0.497 e. The van der Waals surface area contributed by atoms with Crippen molar-refractivity contribution in [3.05, 3.63) is 59.7 Å². The minimum absolute atomic E-state index is 0.0817. The lowest BCUT2D eigenvalue weighted by Crippen LogP contribution is -2.44. The van der Waals surface area contributed by atoms with Gasteiger partial charge in [-0.3, -0.25) is 9.59 Å². The third kappa shape index (κ3) is 7.59. The third-order valence-electron chi connectivity index (χ3n) is 6.55. The molecule has 184 valence electrons. The molecule has 34 heavy (non-hydrogen) atoms. The first kappa shape index (κ1) is 25.8. The Morgan fingerprint density at radius 3 is 2.41 bits per heavy atom. The second kappa shape index (κ2) is 12.0. The molecule has 2 aromatic carbocycles. The Labute approximate surface area is 203 Å². The van der Waals surface area contributed by atoms with E-state index >= 15 is 0 Å². The van der Waals surface area contributed by atoms with Crippen molar-refractivity contribution in [1.29, 1.82) is 0 Å². The first-order valence-electron chi connectivity index (χ1n) is 12.3. The van der Waals surface area contributed by atoms with Crippen molar-refractivity contribution in [2.45, 2.75) is 58.9 Å². The number of anilines is 1. The van der Waals surface area contributed by atoms with E-state index < -0.39 is 0 Å². The molecule has 0 atom stereocenters. The fraction of sp³-hybridized carbons (Fsp3) is 0.500. The topological polar surface area (TPSA) is 84.7 Å². The first-order chi connectivity index (χ1) is 16.3. The van der Waals surface area contributed by atoms with Crippen LogP contribution in [0.1, 0.15) is 57.1 Å². The molecule has 1 fully saturated rings. The van der Waals surface area contributed by atoms with Gasteiger partial charge in [0, 0.05) is 24.7 Å². The second-order valence-corrected chi connectivity index (χ2v) is 10.2. The number of nitrogens with two attached hydrogens (primary N) is 1. The molecule has 1 aliphatic rings. The summed E-state index contributed by atoms with van der Waals surface area (Å²) in [5.41, 5.74) is 8.49. The van der Waals surface area contributed by atoms with E-state index in [1.165, 1.54) is 6.42 Å². The van der Waals surface area contributed by atoms with Gasteiger partial charge < -0.3 is 20.7 Å². The Kier molecular flexibility index (Phi) is 9.11. The van der Waals surface area contributed by atoms with Crippen molar-refractivity contribution in [2.24, 2.45) is 17.1 Å². The minimum atomic E-state index is -0.158. The van der Waals surface area contributed by atoms with E-state index in [1.807, 2.05) is 53.4 Å². The largest absolute Gasteiger partial charge is 0.497 e. The van der Waals surface area contributed by atoms with Gasteiger partial charge in [-0.1, -0.05) is 57.4 Å². The van der Waals surface area contributed by atoms with Crippen LogP contribution in [0.4, 0.5) is 5.69 Å². The third-order valence-corrected chi connectivity index (χ3v) is 6.55. The Balaban J connectivity index is 1.68. The highest BCUT2D eigenvalue weighted by Crippen LogP contribution is 2.28. The van der Waals surface area contributed by atoms with Crippen molar-refractivity contribution < 1.29 is 14.3 Å². The van der Waals surface area contributed by atoms with E-state index in [2.05, 4.69) is 19.2 Å². The van der Waals surface area contributed by atoms with E-state index in [4.69, 9.17) is 10.5 Å². The highest BCUT2D eigenvalue weighted by molar-refractivity contribution is 5.92. The van der Waals surface area contributed by atoms with Gasteiger partial charge in [0.1, 0.15) is 5.75 Å². The molecule has 1 saturated carbocycles. The van der Waals surface area contributed by atoms with Crippen molar-refractivity contribution in [3.8, 4) is 5.75 Å². The number of rotatable bonds is 10. The number of benzene rings is 2. The molecule has 2 aromatic rings. The highest BCUT2D eigenvalue weighted by Gasteiger charge is 2.30. The molecule has 0 aliphatic heterocycles. The van der Waals surface area contributed by atoms with Crippen LogP contribution < -0.4 is 15.8 Å². The lowest BCUT2D eigenvalue weighted by Gasteiger charge is -2.35. The highest BCUT2D eigenvalue weighted by atomic mass is 16.5. The van der Waals surface area contributed by atoms with Crippen LogP contribution in [0.2, 0.25) is 0 Å². The number of nitrogens with zero attached hydrogens (tertiary/aromatic N) is 1. The number of nitrogens with one attached hydrogen (secondary N) is 1.